The first-order valence-corrected chi connectivity index (χ1v) is 12.0. The molecule has 0 amide bonds. The van der Waals surface area contributed by atoms with Crippen LogP contribution in [-0.4, -0.2) is 9.55 Å². The van der Waals surface area contributed by atoms with Gasteiger partial charge in [-0.3, -0.25) is 0 Å². The molecule has 0 spiro atoms. The average Bonchev–Trinajstić information content (AvgIpc) is 3.07. The molecule has 3 rings (SSSR count). The highest BCUT2D eigenvalue weighted by molar-refractivity contribution is 6.30. The zero-order chi connectivity index (χ0) is 20.6. The van der Waals surface area contributed by atoms with Gasteiger partial charge < -0.3 is 4.57 Å². The topological polar surface area (TPSA) is 17.8 Å². The second-order valence-electron chi connectivity index (χ2n) is 8.65. The number of nitrogens with zero attached hydrogens (tertiary/aromatic N) is 2. The van der Waals surface area contributed by atoms with Crippen molar-refractivity contribution in [3.05, 3.63) is 51.4 Å². The molecule has 0 bridgehead atoms. The third kappa shape index (κ3) is 5.98. The van der Waals surface area contributed by atoms with Crippen molar-refractivity contribution in [3.8, 4) is 0 Å². The van der Waals surface area contributed by atoms with Crippen molar-refractivity contribution >= 4 is 23.3 Å². The summed E-state index contributed by atoms with van der Waals surface area (Å²) in [5.41, 5.74) is 2.78. The Balaban J connectivity index is 1.76. The molecule has 1 aromatic heterocycles. The van der Waals surface area contributed by atoms with E-state index in [1.54, 1.807) is 0 Å². The van der Waals surface area contributed by atoms with E-state index < -0.39 is 0 Å². The summed E-state index contributed by atoms with van der Waals surface area (Å²) < 4.78 is 2.53. The Hall–Kier alpha value is -1.54. The Morgan fingerprint density at radius 3 is 2.45 bits per heavy atom. The number of aryl methyl sites for hydroxylation is 2. The van der Waals surface area contributed by atoms with E-state index in [-0.39, 0.29) is 0 Å². The first-order valence-electron chi connectivity index (χ1n) is 11.6. The van der Waals surface area contributed by atoms with Crippen molar-refractivity contribution in [2.24, 2.45) is 5.92 Å². The summed E-state index contributed by atoms with van der Waals surface area (Å²) >= 11 is 6.04. The molecule has 0 atom stereocenters. The second kappa shape index (κ2) is 11.0. The van der Waals surface area contributed by atoms with Gasteiger partial charge in [0.25, 0.3) is 0 Å². The molecule has 158 valence electrons. The third-order valence-corrected chi connectivity index (χ3v) is 6.54. The Labute approximate surface area is 181 Å². The molecular weight excluding hydrogens is 376 g/mol. The van der Waals surface area contributed by atoms with Crippen LogP contribution in [0.2, 0.25) is 5.02 Å². The number of imidazole rings is 1. The summed E-state index contributed by atoms with van der Waals surface area (Å²) in [5, 5.41) is 3.43. The third-order valence-electron chi connectivity index (χ3n) is 6.29. The van der Waals surface area contributed by atoms with Gasteiger partial charge in [-0.05, 0) is 68.2 Å². The van der Waals surface area contributed by atoms with Crippen molar-refractivity contribution in [1.29, 1.82) is 0 Å². The van der Waals surface area contributed by atoms with Crippen LogP contribution in [0.15, 0.2) is 24.3 Å². The highest BCUT2D eigenvalue weighted by atomic mass is 35.5. The smallest absolute Gasteiger partial charge is 0.110 e. The molecule has 2 nitrogen and oxygen atoms in total. The highest BCUT2D eigenvalue weighted by Crippen LogP contribution is 2.20. The average molecular weight is 413 g/mol. The van der Waals surface area contributed by atoms with E-state index in [1.165, 1.54) is 66.2 Å². The molecule has 29 heavy (non-hydrogen) atoms. The molecule has 0 radical (unpaired) electrons. The van der Waals surface area contributed by atoms with Gasteiger partial charge in [0.1, 0.15) is 5.82 Å². The molecule has 1 aliphatic carbocycles. The van der Waals surface area contributed by atoms with Gasteiger partial charge in [0.15, 0.2) is 0 Å². The number of hydrogen-bond donors (Lipinski definition) is 0. The van der Waals surface area contributed by atoms with E-state index in [4.69, 9.17) is 16.6 Å². The number of aromatic nitrogens is 2. The van der Waals surface area contributed by atoms with E-state index in [1.807, 2.05) is 12.1 Å². The Bertz CT molecular complexity index is 886. The van der Waals surface area contributed by atoms with Gasteiger partial charge in [0, 0.05) is 18.0 Å². The number of hydrogen-bond acceptors (Lipinski definition) is 1. The van der Waals surface area contributed by atoms with Crippen LogP contribution < -0.4 is 10.7 Å². The zero-order valence-corrected chi connectivity index (χ0v) is 19.3. The fraction of sp³-hybridized carbons (Fsp3) is 0.577. The van der Waals surface area contributed by atoms with Crippen LogP contribution in [0.4, 0.5) is 0 Å². The van der Waals surface area contributed by atoms with E-state index in [0.29, 0.717) is 0 Å². The van der Waals surface area contributed by atoms with Crippen molar-refractivity contribution < 1.29 is 0 Å². The number of rotatable bonds is 11. The van der Waals surface area contributed by atoms with Gasteiger partial charge in [0.05, 0.1) is 10.7 Å². The van der Waals surface area contributed by atoms with Crippen molar-refractivity contribution in [3.63, 3.8) is 0 Å². The zero-order valence-electron chi connectivity index (χ0n) is 18.5. The maximum atomic E-state index is 6.04. The molecule has 0 fully saturated rings. The van der Waals surface area contributed by atoms with Crippen LogP contribution in [0.25, 0.3) is 11.6 Å². The molecule has 0 aliphatic heterocycles. The number of benzene rings is 1. The molecule has 0 N–H and O–H groups in total. The first kappa shape index (κ1) is 22.2. The van der Waals surface area contributed by atoms with E-state index in [0.717, 1.165) is 43.2 Å². The predicted octanol–water partition coefficient (Wildman–Crippen LogP) is 6.06. The molecule has 1 aromatic carbocycles. The van der Waals surface area contributed by atoms with Crippen LogP contribution in [0, 0.1) is 5.92 Å². The molecule has 1 aliphatic rings. The molecule has 2 aromatic rings. The molecule has 0 unspecified atom stereocenters. The Morgan fingerprint density at radius 2 is 1.76 bits per heavy atom. The lowest BCUT2D eigenvalue weighted by Gasteiger charge is -2.16. The van der Waals surface area contributed by atoms with Crippen LogP contribution in [-0.2, 0) is 19.4 Å². The summed E-state index contributed by atoms with van der Waals surface area (Å²) in [4.78, 5) is 5.10. The summed E-state index contributed by atoms with van der Waals surface area (Å²) in [6.07, 6.45) is 14.7. The highest BCUT2D eigenvalue weighted by Gasteiger charge is 2.13. The minimum Gasteiger partial charge on any atom is -0.328 e. The standard InChI is InChI=1S/C26H37ClN2/c1-4-8-21(9-5-2)11-7-19-29-24-12-6-10-20(3)26(24)28-25(29)18-15-22-13-16-23(27)17-14-22/h12-14,16-17,21H,4-11,15,18-19H2,1-3H3. The van der Waals surface area contributed by atoms with Gasteiger partial charge in [-0.15, -0.1) is 0 Å². The molecule has 1 heterocycles. The minimum absolute atomic E-state index is 0.805. The SMILES string of the molecule is CCCC(CCC)CCCn1c(CCc2ccc(Cl)cc2)nc2c1=CCCC=2C. The van der Waals surface area contributed by atoms with Gasteiger partial charge in [-0.1, -0.05) is 69.3 Å². The van der Waals surface area contributed by atoms with Crippen LogP contribution in [0.1, 0.15) is 83.5 Å². The predicted molar refractivity (Wildman–Crippen MR) is 126 cm³/mol. The van der Waals surface area contributed by atoms with E-state index in [9.17, 15) is 0 Å². The van der Waals surface area contributed by atoms with Crippen molar-refractivity contribution in [2.75, 3.05) is 0 Å². The minimum atomic E-state index is 0.805. The van der Waals surface area contributed by atoms with Crippen LogP contribution >= 0.6 is 11.6 Å². The molecule has 0 saturated heterocycles. The summed E-state index contributed by atoms with van der Waals surface area (Å²) in [7, 11) is 0. The molecule has 3 heteroatoms. The monoisotopic (exact) mass is 412 g/mol. The van der Waals surface area contributed by atoms with Gasteiger partial charge in [0.2, 0.25) is 0 Å². The second-order valence-corrected chi connectivity index (χ2v) is 9.09. The van der Waals surface area contributed by atoms with E-state index in [2.05, 4.69) is 43.5 Å². The summed E-state index contributed by atoms with van der Waals surface area (Å²) in [6.45, 7) is 7.99. The maximum Gasteiger partial charge on any atom is 0.110 e. The number of halogens is 1. The number of fused-ring (bicyclic) bond motifs is 1. The van der Waals surface area contributed by atoms with Crippen LogP contribution in [0.3, 0.4) is 0 Å². The lowest BCUT2D eigenvalue weighted by Crippen LogP contribution is -2.34. The summed E-state index contributed by atoms with van der Waals surface area (Å²) in [5.74, 6) is 2.14. The van der Waals surface area contributed by atoms with Gasteiger partial charge >= 0.3 is 0 Å². The van der Waals surface area contributed by atoms with Gasteiger partial charge in [-0.25, -0.2) is 4.98 Å². The van der Waals surface area contributed by atoms with E-state index >= 15 is 0 Å². The van der Waals surface area contributed by atoms with Crippen LogP contribution in [0.5, 0.6) is 0 Å². The van der Waals surface area contributed by atoms with Crippen molar-refractivity contribution in [1.82, 2.24) is 9.55 Å². The van der Waals surface area contributed by atoms with Crippen molar-refractivity contribution in [2.45, 2.75) is 91.5 Å². The normalized spacial score (nSPS) is 13.6. The fourth-order valence-corrected chi connectivity index (χ4v) is 4.84. The molecular formula is C26H37ClN2. The fourth-order valence-electron chi connectivity index (χ4n) is 4.71. The Morgan fingerprint density at radius 1 is 1.03 bits per heavy atom. The summed E-state index contributed by atoms with van der Waals surface area (Å²) in [6, 6.07) is 8.25. The van der Waals surface area contributed by atoms with Gasteiger partial charge in [-0.2, -0.15) is 0 Å². The quantitative estimate of drug-likeness (QED) is 0.438. The largest absolute Gasteiger partial charge is 0.328 e. The Kier molecular flexibility index (Phi) is 8.41. The maximum absolute atomic E-state index is 6.04. The molecule has 0 saturated carbocycles. The lowest BCUT2D eigenvalue weighted by molar-refractivity contribution is 0.385. The first-order chi connectivity index (χ1) is 14.1. The lowest BCUT2D eigenvalue weighted by atomic mass is 9.93.